The molecular formula is C15H34N2S. The smallest absolute Gasteiger partial charge is 0.0154 e. The van der Waals surface area contributed by atoms with Gasteiger partial charge in [-0.25, -0.2) is 0 Å². The fourth-order valence-corrected chi connectivity index (χ4v) is 3.12. The molecule has 2 atom stereocenters. The quantitative estimate of drug-likeness (QED) is 0.698. The fraction of sp³-hybridized carbons (Fsp3) is 1.00. The van der Waals surface area contributed by atoms with E-state index in [4.69, 9.17) is 5.73 Å². The van der Waals surface area contributed by atoms with Crippen molar-refractivity contribution in [1.82, 2.24) is 4.90 Å². The van der Waals surface area contributed by atoms with E-state index < -0.39 is 0 Å². The third kappa shape index (κ3) is 7.65. The summed E-state index contributed by atoms with van der Waals surface area (Å²) in [6.07, 6.45) is 5.93. The van der Waals surface area contributed by atoms with Crippen molar-refractivity contribution >= 4 is 11.8 Å². The Labute approximate surface area is 119 Å². The minimum Gasteiger partial charge on any atom is -0.330 e. The van der Waals surface area contributed by atoms with Crippen LogP contribution in [-0.4, -0.2) is 43.1 Å². The Hall–Kier alpha value is 0.270. The monoisotopic (exact) mass is 274 g/mol. The highest BCUT2D eigenvalue weighted by molar-refractivity contribution is 7.98. The summed E-state index contributed by atoms with van der Waals surface area (Å²) in [6.45, 7) is 11.4. The lowest BCUT2D eigenvalue weighted by Gasteiger charge is -2.32. The van der Waals surface area contributed by atoms with E-state index in [0.29, 0.717) is 11.5 Å². The van der Waals surface area contributed by atoms with Gasteiger partial charge in [-0.15, -0.1) is 0 Å². The summed E-state index contributed by atoms with van der Waals surface area (Å²) < 4.78 is 0. The molecule has 0 bridgehead atoms. The molecule has 2 unspecified atom stereocenters. The van der Waals surface area contributed by atoms with Gasteiger partial charge in [-0.3, -0.25) is 0 Å². The van der Waals surface area contributed by atoms with E-state index in [-0.39, 0.29) is 0 Å². The van der Waals surface area contributed by atoms with Gasteiger partial charge in [-0.05, 0) is 63.9 Å². The maximum atomic E-state index is 5.73. The lowest BCUT2D eigenvalue weighted by molar-refractivity contribution is 0.193. The molecule has 0 fully saturated rings. The summed E-state index contributed by atoms with van der Waals surface area (Å²) in [5.74, 6) is 1.98. The van der Waals surface area contributed by atoms with E-state index in [2.05, 4.69) is 45.9 Å². The van der Waals surface area contributed by atoms with E-state index in [1.807, 2.05) is 11.8 Å². The van der Waals surface area contributed by atoms with Crippen LogP contribution in [0.25, 0.3) is 0 Å². The first-order valence-electron chi connectivity index (χ1n) is 7.22. The van der Waals surface area contributed by atoms with Gasteiger partial charge in [0, 0.05) is 11.8 Å². The van der Waals surface area contributed by atoms with Gasteiger partial charge in [0.15, 0.2) is 0 Å². The molecule has 18 heavy (non-hydrogen) atoms. The van der Waals surface area contributed by atoms with Gasteiger partial charge in [0.05, 0.1) is 0 Å². The molecule has 0 heterocycles. The van der Waals surface area contributed by atoms with Crippen molar-refractivity contribution < 1.29 is 0 Å². The van der Waals surface area contributed by atoms with Crippen LogP contribution < -0.4 is 5.73 Å². The Balaban J connectivity index is 3.99. The molecule has 0 aliphatic carbocycles. The molecule has 0 rings (SSSR count). The second kappa shape index (κ2) is 9.22. The average molecular weight is 275 g/mol. The van der Waals surface area contributed by atoms with Crippen LogP contribution in [0.4, 0.5) is 0 Å². The Bertz CT molecular complexity index is 201. The summed E-state index contributed by atoms with van der Waals surface area (Å²) >= 11 is 1.93. The van der Waals surface area contributed by atoms with Crippen molar-refractivity contribution in [2.24, 2.45) is 17.1 Å². The molecule has 0 aliphatic heterocycles. The summed E-state index contributed by atoms with van der Waals surface area (Å²) in [6, 6.07) is 0.683. The molecule has 2 N–H and O–H groups in total. The summed E-state index contributed by atoms with van der Waals surface area (Å²) in [4.78, 5) is 2.48. The zero-order chi connectivity index (χ0) is 14.2. The highest BCUT2D eigenvalue weighted by Gasteiger charge is 2.23. The molecule has 0 saturated carbocycles. The number of rotatable bonds is 9. The van der Waals surface area contributed by atoms with Gasteiger partial charge in [0.2, 0.25) is 0 Å². The van der Waals surface area contributed by atoms with E-state index >= 15 is 0 Å². The fourth-order valence-electron chi connectivity index (χ4n) is 2.39. The molecule has 0 saturated heterocycles. The van der Waals surface area contributed by atoms with Crippen molar-refractivity contribution in [2.75, 3.05) is 32.1 Å². The minimum atomic E-state index is 0.392. The maximum absolute atomic E-state index is 5.73. The summed E-state index contributed by atoms with van der Waals surface area (Å²) in [5.41, 5.74) is 6.12. The van der Waals surface area contributed by atoms with E-state index in [1.54, 1.807) is 0 Å². The number of hydrogen-bond acceptors (Lipinski definition) is 3. The van der Waals surface area contributed by atoms with Crippen LogP contribution in [0.3, 0.4) is 0 Å². The molecule has 3 heteroatoms. The third-order valence-electron chi connectivity index (χ3n) is 3.96. The Morgan fingerprint density at radius 2 is 1.83 bits per heavy atom. The molecule has 0 amide bonds. The average Bonchev–Trinajstić information content (AvgIpc) is 2.26. The van der Waals surface area contributed by atoms with Gasteiger partial charge in [-0.2, -0.15) is 11.8 Å². The van der Waals surface area contributed by atoms with Crippen molar-refractivity contribution in [2.45, 2.75) is 53.0 Å². The highest BCUT2D eigenvalue weighted by Crippen LogP contribution is 2.32. The zero-order valence-electron chi connectivity index (χ0n) is 13.3. The van der Waals surface area contributed by atoms with Crippen LogP contribution in [0.15, 0.2) is 0 Å². The lowest BCUT2D eigenvalue weighted by Crippen LogP contribution is -2.32. The van der Waals surface area contributed by atoms with Gasteiger partial charge >= 0.3 is 0 Å². The van der Waals surface area contributed by atoms with Crippen LogP contribution in [0.1, 0.15) is 47.0 Å². The van der Waals surface area contributed by atoms with Crippen molar-refractivity contribution in [3.63, 3.8) is 0 Å². The number of thioether (sulfide) groups is 1. The van der Waals surface area contributed by atoms with Crippen molar-refractivity contribution in [3.05, 3.63) is 0 Å². The lowest BCUT2D eigenvalue weighted by atomic mass is 9.76. The molecule has 0 aromatic carbocycles. The minimum absolute atomic E-state index is 0.392. The first-order chi connectivity index (χ1) is 8.32. The first-order valence-corrected chi connectivity index (χ1v) is 8.61. The molecular weight excluding hydrogens is 240 g/mol. The molecule has 0 radical (unpaired) electrons. The summed E-state index contributed by atoms with van der Waals surface area (Å²) in [5, 5.41) is 0. The van der Waals surface area contributed by atoms with E-state index in [9.17, 15) is 0 Å². The molecule has 2 nitrogen and oxygen atoms in total. The zero-order valence-corrected chi connectivity index (χ0v) is 14.1. The molecule has 110 valence electrons. The van der Waals surface area contributed by atoms with E-state index in [1.165, 1.54) is 25.1 Å². The van der Waals surface area contributed by atoms with Crippen LogP contribution in [0.5, 0.6) is 0 Å². The van der Waals surface area contributed by atoms with Crippen LogP contribution in [-0.2, 0) is 0 Å². The number of nitrogens with zero attached hydrogens (tertiary/aromatic N) is 1. The van der Waals surface area contributed by atoms with Gasteiger partial charge < -0.3 is 10.6 Å². The van der Waals surface area contributed by atoms with Crippen LogP contribution in [0, 0.1) is 11.3 Å². The molecule has 0 spiro atoms. The van der Waals surface area contributed by atoms with Gasteiger partial charge in [0.25, 0.3) is 0 Å². The van der Waals surface area contributed by atoms with Crippen molar-refractivity contribution in [3.8, 4) is 0 Å². The summed E-state index contributed by atoms with van der Waals surface area (Å²) in [7, 11) is 2.25. The number of hydrogen-bond donors (Lipinski definition) is 1. The predicted octanol–water partition coefficient (Wildman–Crippen LogP) is 3.46. The van der Waals surface area contributed by atoms with Gasteiger partial charge in [0.1, 0.15) is 0 Å². The SMILES string of the molecule is CSCC(C)N(C)CCCC(CCN)C(C)(C)C. The Morgan fingerprint density at radius 1 is 1.22 bits per heavy atom. The Kier molecular flexibility index (Phi) is 9.36. The van der Waals surface area contributed by atoms with Crippen LogP contribution >= 0.6 is 11.8 Å². The normalized spacial score (nSPS) is 16.0. The largest absolute Gasteiger partial charge is 0.330 e. The number of nitrogens with two attached hydrogens (primary N) is 1. The standard InChI is InChI=1S/C15H34N2S/c1-13(12-18-6)17(5)11-7-8-14(9-10-16)15(2,3)4/h13-14H,7-12,16H2,1-6H3. The van der Waals surface area contributed by atoms with Gasteiger partial charge in [-0.1, -0.05) is 20.8 Å². The third-order valence-corrected chi connectivity index (χ3v) is 4.78. The molecule has 0 aromatic rings. The Morgan fingerprint density at radius 3 is 2.28 bits per heavy atom. The second-order valence-electron chi connectivity index (χ2n) is 6.57. The topological polar surface area (TPSA) is 29.3 Å². The first kappa shape index (κ1) is 18.3. The van der Waals surface area contributed by atoms with Crippen molar-refractivity contribution in [1.29, 1.82) is 0 Å². The van der Waals surface area contributed by atoms with Crippen LogP contribution in [0.2, 0.25) is 0 Å². The molecule has 0 aromatic heterocycles. The van der Waals surface area contributed by atoms with E-state index in [0.717, 1.165) is 18.9 Å². The highest BCUT2D eigenvalue weighted by atomic mass is 32.2. The second-order valence-corrected chi connectivity index (χ2v) is 7.48. The molecule has 0 aliphatic rings. The predicted molar refractivity (Wildman–Crippen MR) is 86.3 cm³/mol. The maximum Gasteiger partial charge on any atom is 0.0154 e.